The minimum Gasteiger partial charge on any atom is -0.310 e. The summed E-state index contributed by atoms with van der Waals surface area (Å²) in [5.41, 5.74) is 5.38. The second-order valence-electron chi connectivity index (χ2n) is 5.70. The summed E-state index contributed by atoms with van der Waals surface area (Å²) in [4.78, 5) is 0. The molecule has 0 aromatic heterocycles. The number of hydrogen-bond acceptors (Lipinski definition) is 1. The molecule has 0 saturated heterocycles. The maximum atomic E-state index is 5.98. The summed E-state index contributed by atoms with van der Waals surface area (Å²) in [5.74, 6) is 0. The van der Waals surface area contributed by atoms with Gasteiger partial charge in [0, 0.05) is 11.1 Å². The molecule has 112 valence electrons. The van der Waals surface area contributed by atoms with Crippen LogP contribution in [0.25, 0.3) is 0 Å². The van der Waals surface area contributed by atoms with Crippen LogP contribution in [0.15, 0.2) is 42.5 Å². The molecular weight excluding hydrogens is 278 g/mol. The Hall–Kier alpha value is -1.31. The van der Waals surface area contributed by atoms with Crippen molar-refractivity contribution in [2.45, 2.75) is 39.7 Å². The molecule has 0 spiro atoms. The van der Waals surface area contributed by atoms with Gasteiger partial charge < -0.3 is 5.32 Å². The van der Waals surface area contributed by atoms with Crippen molar-refractivity contribution >= 4 is 11.6 Å². The minimum atomic E-state index is 0.353. The first-order chi connectivity index (χ1) is 10.1. The van der Waals surface area contributed by atoms with E-state index in [2.05, 4.69) is 56.4 Å². The molecule has 0 bridgehead atoms. The van der Waals surface area contributed by atoms with Crippen molar-refractivity contribution in [2.75, 3.05) is 6.54 Å². The van der Waals surface area contributed by atoms with Crippen molar-refractivity contribution in [1.29, 1.82) is 0 Å². The van der Waals surface area contributed by atoms with Crippen LogP contribution in [-0.4, -0.2) is 6.54 Å². The molecule has 0 fully saturated rings. The standard InChI is InChI=1S/C19H24ClN/c1-4-11-21-19(13-16-7-9-17(20)10-8-16)18-12-14(2)5-6-15(18)3/h5-10,12,19,21H,4,11,13H2,1-3H3. The van der Waals surface area contributed by atoms with Gasteiger partial charge in [0.2, 0.25) is 0 Å². The van der Waals surface area contributed by atoms with Gasteiger partial charge in [-0.2, -0.15) is 0 Å². The first-order valence-electron chi connectivity index (χ1n) is 7.65. The molecule has 2 heteroatoms. The maximum Gasteiger partial charge on any atom is 0.0406 e. The fraction of sp³-hybridized carbons (Fsp3) is 0.368. The summed E-state index contributed by atoms with van der Waals surface area (Å²) in [6, 6.07) is 15.2. The number of aryl methyl sites for hydroxylation is 2. The Labute approximate surface area is 133 Å². The molecule has 1 nitrogen and oxygen atoms in total. The molecule has 0 aliphatic carbocycles. The summed E-state index contributed by atoms with van der Waals surface area (Å²) in [5, 5.41) is 4.48. The van der Waals surface area contributed by atoms with Gasteiger partial charge in [0.05, 0.1) is 0 Å². The van der Waals surface area contributed by atoms with Crippen LogP contribution in [0.1, 0.15) is 41.6 Å². The van der Waals surface area contributed by atoms with Gasteiger partial charge in [0.25, 0.3) is 0 Å². The summed E-state index contributed by atoms with van der Waals surface area (Å²) in [6.07, 6.45) is 2.13. The lowest BCUT2D eigenvalue weighted by Crippen LogP contribution is -2.25. The second-order valence-corrected chi connectivity index (χ2v) is 6.13. The molecule has 0 aliphatic rings. The number of halogens is 1. The molecule has 1 N–H and O–H groups in total. The van der Waals surface area contributed by atoms with Gasteiger partial charge >= 0.3 is 0 Å². The molecule has 2 aromatic rings. The predicted octanol–water partition coefficient (Wildman–Crippen LogP) is 5.24. The molecule has 1 atom stereocenters. The number of rotatable bonds is 6. The molecule has 21 heavy (non-hydrogen) atoms. The van der Waals surface area contributed by atoms with Crippen LogP contribution in [0.4, 0.5) is 0 Å². The normalized spacial score (nSPS) is 12.4. The smallest absolute Gasteiger partial charge is 0.0406 e. The zero-order valence-corrected chi connectivity index (χ0v) is 13.9. The summed E-state index contributed by atoms with van der Waals surface area (Å²) in [7, 11) is 0. The van der Waals surface area contributed by atoms with E-state index in [1.54, 1.807) is 0 Å². The van der Waals surface area contributed by atoms with Crippen molar-refractivity contribution in [3.63, 3.8) is 0 Å². The molecule has 0 aliphatic heterocycles. The second kappa shape index (κ2) is 7.63. The Bertz CT molecular complexity index is 575. The zero-order chi connectivity index (χ0) is 15.2. The Kier molecular flexibility index (Phi) is 5.84. The minimum absolute atomic E-state index is 0.353. The fourth-order valence-corrected chi connectivity index (χ4v) is 2.73. The Morgan fingerprint density at radius 2 is 1.76 bits per heavy atom. The van der Waals surface area contributed by atoms with E-state index in [1.807, 2.05) is 12.1 Å². The van der Waals surface area contributed by atoms with Crippen LogP contribution in [0.5, 0.6) is 0 Å². The molecule has 0 saturated carbocycles. The summed E-state index contributed by atoms with van der Waals surface area (Å²) in [6.45, 7) is 7.58. The highest BCUT2D eigenvalue weighted by Crippen LogP contribution is 2.24. The van der Waals surface area contributed by atoms with E-state index in [4.69, 9.17) is 11.6 Å². The molecule has 0 heterocycles. The molecule has 0 radical (unpaired) electrons. The van der Waals surface area contributed by atoms with E-state index in [1.165, 1.54) is 22.3 Å². The maximum absolute atomic E-state index is 5.98. The quantitative estimate of drug-likeness (QED) is 0.769. The van der Waals surface area contributed by atoms with Crippen LogP contribution in [0.2, 0.25) is 5.02 Å². The molecule has 1 unspecified atom stereocenters. The predicted molar refractivity (Wildman–Crippen MR) is 92.1 cm³/mol. The largest absolute Gasteiger partial charge is 0.310 e. The Morgan fingerprint density at radius 3 is 2.43 bits per heavy atom. The molecular formula is C19H24ClN. The SMILES string of the molecule is CCCNC(Cc1ccc(Cl)cc1)c1cc(C)ccc1C. The highest BCUT2D eigenvalue weighted by Gasteiger charge is 2.14. The van der Waals surface area contributed by atoms with Gasteiger partial charge in [0.15, 0.2) is 0 Å². The van der Waals surface area contributed by atoms with Gasteiger partial charge in [0.1, 0.15) is 0 Å². The van der Waals surface area contributed by atoms with Crippen LogP contribution in [0.3, 0.4) is 0 Å². The highest BCUT2D eigenvalue weighted by molar-refractivity contribution is 6.30. The van der Waals surface area contributed by atoms with E-state index in [0.29, 0.717) is 6.04 Å². The monoisotopic (exact) mass is 301 g/mol. The molecule has 0 amide bonds. The van der Waals surface area contributed by atoms with Crippen molar-refractivity contribution < 1.29 is 0 Å². The van der Waals surface area contributed by atoms with Crippen LogP contribution in [-0.2, 0) is 6.42 Å². The van der Waals surface area contributed by atoms with Gasteiger partial charge in [-0.3, -0.25) is 0 Å². The van der Waals surface area contributed by atoms with Crippen LogP contribution in [0, 0.1) is 13.8 Å². The van der Waals surface area contributed by atoms with E-state index < -0.39 is 0 Å². The molecule has 2 aromatic carbocycles. The lowest BCUT2D eigenvalue weighted by Gasteiger charge is -2.22. The first kappa shape index (κ1) is 16.1. The Balaban J connectivity index is 2.25. The highest BCUT2D eigenvalue weighted by atomic mass is 35.5. The summed E-state index contributed by atoms with van der Waals surface area (Å²) >= 11 is 5.98. The van der Waals surface area contributed by atoms with Crippen molar-refractivity contribution in [1.82, 2.24) is 5.32 Å². The van der Waals surface area contributed by atoms with Gasteiger partial charge in [-0.25, -0.2) is 0 Å². The average molecular weight is 302 g/mol. The first-order valence-corrected chi connectivity index (χ1v) is 8.03. The number of hydrogen-bond donors (Lipinski definition) is 1. The van der Waals surface area contributed by atoms with E-state index >= 15 is 0 Å². The van der Waals surface area contributed by atoms with Crippen LogP contribution < -0.4 is 5.32 Å². The Morgan fingerprint density at radius 1 is 1.05 bits per heavy atom. The molecule has 2 rings (SSSR count). The number of nitrogens with one attached hydrogen (secondary N) is 1. The van der Waals surface area contributed by atoms with Gasteiger partial charge in [-0.05, 0) is 62.1 Å². The zero-order valence-electron chi connectivity index (χ0n) is 13.1. The topological polar surface area (TPSA) is 12.0 Å². The van der Waals surface area contributed by atoms with Crippen molar-refractivity contribution in [2.24, 2.45) is 0 Å². The lowest BCUT2D eigenvalue weighted by molar-refractivity contribution is 0.527. The lowest BCUT2D eigenvalue weighted by atomic mass is 9.94. The van der Waals surface area contributed by atoms with Crippen molar-refractivity contribution in [3.8, 4) is 0 Å². The number of benzene rings is 2. The third-order valence-corrected chi connectivity index (χ3v) is 4.06. The van der Waals surface area contributed by atoms with Crippen LogP contribution >= 0.6 is 11.6 Å². The van der Waals surface area contributed by atoms with Crippen molar-refractivity contribution in [3.05, 3.63) is 69.7 Å². The third kappa shape index (κ3) is 4.59. The van der Waals surface area contributed by atoms with E-state index in [9.17, 15) is 0 Å². The van der Waals surface area contributed by atoms with Gasteiger partial charge in [-0.1, -0.05) is 54.4 Å². The fourth-order valence-electron chi connectivity index (χ4n) is 2.60. The van der Waals surface area contributed by atoms with E-state index in [0.717, 1.165) is 24.4 Å². The average Bonchev–Trinajstić information content (AvgIpc) is 2.48. The van der Waals surface area contributed by atoms with Gasteiger partial charge in [-0.15, -0.1) is 0 Å². The summed E-state index contributed by atoms with van der Waals surface area (Å²) < 4.78 is 0. The van der Waals surface area contributed by atoms with E-state index in [-0.39, 0.29) is 0 Å². The third-order valence-electron chi connectivity index (χ3n) is 3.80.